The van der Waals surface area contributed by atoms with Crippen LogP contribution in [0.4, 0.5) is 5.69 Å². The van der Waals surface area contributed by atoms with Gasteiger partial charge in [-0.05, 0) is 25.0 Å². The van der Waals surface area contributed by atoms with E-state index >= 15 is 0 Å². The molecule has 2 aromatic rings. The zero-order valence-electron chi connectivity index (χ0n) is 11.3. The number of aryl methyl sites for hydroxylation is 1. The van der Waals surface area contributed by atoms with Crippen molar-refractivity contribution in [2.24, 2.45) is 0 Å². The summed E-state index contributed by atoms with van der Waals surface area (Å²) in [6.45, 7) is 5.63. The van der Waals surface area contributed by atoms with Crippen LogP contribution in [0.2, 0.25) is 0 Å². The first-order chi connectivity index (χ1) is 9.22. The normalized spacial score (nSPS) is 10.6. The first kappa shape index (κ1) is 13.8. The second-order valence-electron chi connectivity index (χ2n) is 4.39. The quantitative estimate of drug-likeness (QED) is 0.883. The molecule has 0 saturated carbocycles. The zero-order chi connectivity index (χ0) is 13.7. The summed E-state index contributed by atoms with van der Waals surface area (Å²) in [4.78, 5) is 14.5. The van der Waals surface area contributed by atoms with Gasteiger partial charge in [0.25, 0.3) is 5.56 Å². The molecule has 0 amide bonds. The number of anilines is 1. The van der Waals surface area contributed by atoms with Gasteiger partial charge in [0.15, 0.2) is 0 Å². The summed E-state index contributed by atoms with van der Waals surface area (Å²) in [6, 6.07) is 5.79. The predicted octanol–water partition coefficient (Wildman–Crippen LogP) is 2.74. The number of aromatic nitrogens is 2. The maximum absolute atomic E-state index is 11.9. The second kappa shape index (κ2) is 6.52. The van der Waals surface area contributed by atoms with Crippen molar-refractivity contribution in [3.05, 3.63) is 44.5 Å². The number of nitrogens with one attached hydrogen (secondary N) is 1. The Morgan fingerprint density at radius 1 is 1.32 bits per heavy atom. The van der Waals surface area contributed by atoms with Crippen LogP contribution in [-0.4, -0.2) is 16.3 Å². The van der Waals surface area contributed by atoms with Crippen LogP contribution in [0, 0.1) is 0 Å². The number of rotatable bonds is 6. The Morgan fingerprint density at radius 2 is 2.11 bits per heavy atom. The van der Waals surface area contributed by atoms with Crippen molar-refractivity contribution in [3.8, 4) is 0 Å². The van der Waals surface area contributed by atoms with Gasteiger partial charge >= 0.3 is 0 Å². The third kappa shape index (κ3) is 3.67. The van der Waals surface area contributed by atoms with E-state index in [9.17, 15) is 4.79 Å². The molecule has 2 aromatic heterocycles. The summed E-state index contributed by atoms with van der Waals surface area (Å²) in [7, 11) is 0. The standard InChI is InChI=1S/C14H19N3OS/c1-3-7-15-11-8-14(18)17(16-9-11)10-13-6-5-12(4-2)19-13/h5-6,8-9,15H,3-4,7,10H2,1-2H3. The van der Waals surface area contributed by atoms with Gasteiger partial charge < -0.3 is 5.32 Å². The summed E-state index contributed by atoms with van der Waals surface area (Å²) < 4.78 is 1.50. The van der Waals surface area contributed by atoms with Crippen molar-refractivity contribution in [1.82, 2.24) is 9.78 Å². The molecular formula is C14H19N3OS. The third-order valence-electron chi connectivity index (χ3n) is 2.82. The summed E-state index contributed by atoms with van der Waals surface area (Å²) >= 11 is 1.74. The Balaban J connectivity index is 2.10. The molecule has 102 valence electrons. The van der Waals surface area contributed by atoms with Gasteiger partial charge in [-0.15, -0.1) is 11.3 Å². The van der Waals surface area contributed by atoms with E-state index in [0.717, 1.165) is 25.1 Å². The third-order valence-corrected chi connectivity index (χ3v) is 4.03. The Kier molecular flexibility index (Phi) is 4.74. The van der Waals surface area contributed by atoms with E-state index in [2.05, 4.69) is 36.4 Å². The Labute approximate surface area is 117 Å². The van der Waals surface area contributed by atoms with E-state index in [4.69, 9.17) is 0 Å². The second-order valence-corrected chi connectivity index (χ2v) is 5.64. The number of thiophene rings is 1. The zero-order valence-corrected chi connectivity index (χ0v) is 12.2. The van der Waals surface area contributed by atoms with Crippen molar-refractivity contribution >= 4 is 17.0 Å². The lowest BCUT2D eigenvalue weighted by Gasteiger charge is -2.06. The maximum Gasteiger partial charge on any atom is 0.269 e. The maximum atomic E-state index is 11.9. The highest BCUT2D eigenvalue weighted by molar-refractivity contribution is 7.11. The van der Waals surface area contributed by atoms with Crippen LogP contribution in [0.1, 0.15) is 30.0 Å². The van der Waals surface area contributed by atoms with E-state index in [1.165, 1.54) is 14.4 Å². The van der Waals surface area contributed by atoms with E-state index in [1.807, 2.05) is 0 Å². The van der Waals surface area contributed by atoms with Gasteiger partial charge in [-0.3, -0.25) is 4.79 Å². The summed E-state index contributed by atoms with van der Waals surface area (Å²) in [6.07, 6.45) is 3.77. The molecule has 0 saturated heterocycles. The fourth-order valence-electron chi connectivity index (χ4n) is 1.76. The topological polar surface area (TPSA) is 46.9 Å². The Morgan fingerprint density at radius 3 is 2.74 bits per heavy atom. The molecule has 0 spiro atoms. The molecule has 0 aliphatic rings. The lowest BCUT2D eigenvalue weighted by atomic mass is 10.3. The molecule has 0 radical (unpaired) electrons. The minimum absolute atomic E-state index is 0.0625. The van der Waals surface area contributed by atoms with Crippen molar-refractivity contribution in [2.75, 3.05) is 11.9 Å². The van der Waals surface area contributed by atoms with Gasteiger partial charge in [-0.1, -0.05) is 13.8 Å². The minimum atomic E-state index is -0.0625. The fourth-order valence-corrected chi connectivity index (χ4v) is 2.70. The van der Waals surface area contributed by atoms with E-state index < -0.39 is 0 Å². The summed E-state index contributed by atoms with van der Waals surface area (Å²) in [5, 5.41) is 7.38. The van der Waals surface area contributed by atoms with Gasteiger partial charge in [0.2, 0.25) is 0 Å². The van der Waals surface area contributed by atoms with Crippen LogP contribution >= 0.6 is 11.3 Å². The van der Waals surface area contributed by atoms with Gasteiger partial charge in [-0.2, -0.15) is 5.10 Å². The first-order valence-corrected chi connectivity index (χ1v) is 7.43. The Hall–Kier alpha value is -1.62. The number of nitrogens with zero attached hydrogens (tertiary/aromatic N) is 2. The lowest BCUT2D eigenvalue weighted by molar-refractivity contribution is 0.646. The highest BCUT2D eigenvalue weighted by Crippen LogP contribution is 2.17. The average molecular weight is 277 g/mol. The van der Waals surface area contributed by atoms with Crippen LogP contribution in [-0.2, 0) is 13.0 Å². The minimum Gasteiger partial charge on any atom is -0.384 e. The summed E-state index contributed by atoms with van der Waals surface area (Å²) in [5.74, 6) is 0. The molecule has 19 heavy (non-hydrogen) atoms. The molecule has 2 heterocycles. The molecule has 0 bridgehead atoms. The van der Waals surface area contributed by atoms with Crippen molar-refractivity contribution < 1.29 is 0 Å². The summed E-state index contributed by atoms with van der Waals surface area (Å²) in [5.41, 5.74) is 0.732. The molecule has 0 unspecified atom stereocenters. The van der Waals surface area contributed by atoms with Crippen LogP contribution in [0.25, 0.3) is 0 Å². The molecule has 4 nitrogen and oxygen atoms in total. The monoisotopic (exact) mass is 277 g/mol. The van der Waals surface area contributed by atoms with Crippen LogP contribution in [0.3, 0.4) is 0 Å². The van der Waals surface area contributed by atoms with E-state index in [-0.39, 0.29) is 5.56 Å². The van der Waals surface area contributed by atoms with Crippen LogP contribution in [0.5, 0.6) is 0 Å². The lowest BCUT2D eigenvalue weighted by Crippen LogP contribution is -2.22. The molecule has 0 fully saturated rings. The highest BCUT2D eigenvalue weighted by atomic mass is 32.1. The largest absolute Gasteiger partial charge is 0.384 e. The molecule has 1 N–H and O–H groups in total. The molecule has 0 aliphatic heterocycles. The van der Waals surface area contributed by atoms with Crippen molar-refractivity contribution in [2.45, 2.75) is 33.2 Å². The van der Waals surface area contributed by atoms with Gasteiger partial charge in [0, 0.05) is 22.4 Å². The van der Waals surface area contributed by atoms with Crippen LogP contribution < -0.4 is 10.9 Å². The smallest absolute Gasteiger partial charge is 0.269 e. The Bertz CT molecular complexity index is 588. The molecule has 0 aromatic carbocycles. The van der Waals surface area contributed by atoms with Crippen molar-refractivity contribution in [3.63, 3.8) is 0 Å². The molecule has 5 heteroatoms. The molecule has 0 atom stereocenters. The fraction of sp³-hybridized carbons (Fsp3) is 0.429. The van der Waals surface area contributed by atoms with E-state index in [1.54, 1.807) is 23.6 Å². The predicted molar refractivity (Wildman–Crippen MR) is 80.1 cm³/mol. The highest BCUT2D eigenvalue weighted by Gasteiger charge is 2.03. The first-order valence-electron chi connectivity index (χ1n) is 6.61. The number of hydrogen-bond donors (Lipinski definition) is 1. The van der Waals surface area contributed by atoms with Crippen LogP contribution in [0.15, 0.2) is 29.2 Å². The van der Waals surface area contributed by atoms with Gasteiger partial charge in [0.05, 0.1) is 18.4 Å². The molecule has 2 rings (SSSR count). The number of hydrogen-bond acceptors (Lipinski definition) is 4. The van der Waals surface area contributed by atoms with Crippen molar-refractivity contribution in [1.29, 1.82) is 0 Å². The van der Waals surface area contributed by atoms with Gasteiger partial charge in [-0.25, -0.2) is 4.68 Å². The molecule has 0 aliphatic carbocycles. The SMILES string of the molecule is CCCNc1cnn(Cc2ccc(CC)s2)c(=O)c1. The van der Waals surface area contributed by atoms with E-state index in [0.29, 0.717) is 6.54 Å². The van der Waals surface area contributed by atoms with Gasteiger partial charge in [0.1, 0.15) is 0 Å². The average Bonchev–Trinajstić information content (AvgIpc) is 2.87. The molecular weight excluding hydrogens is 258 g/mol.